The van der Waals surface area contributed by atoms with E-state index < -0.39 is 47.1 Å². The van der Waals surface area contributed by atoms with Crippen molar-refractivity contribution in [1.29, 1.82) is 0 Å². The van der Waals surface area contributed by atoms with Gasteiger partial charge in [0, 0.05) is 23.7 Å². The molecule has 2 amide bonds. The Kier molecular flexibility index (Phi) is 6.29. The molecule has 0 saturated heterocycles. The van der Waals surface area contributed by atoms with Crippen LogP contribution in [0, 0.1) is 5.82 Å². The van der Waals surface area contributed by atoms with Gasteiger partial charge in [-0.3, -0.25) is 9.59 Å². The number of aryl methyl sites for hydroxylation is 1. The Labute approximate surface area is 224 Å². The minimum atomic E-state index is -5.32. The van der Waals surface area contributed by atoms with Crippen LogP contribution in [0.15, 0.2) is 54.9 Å². The third-order valence-corrected chi connectivity index (χ3v) is 7.12. The summed E-state index contributed by atoms with van der Waals surface area (Å²) in [7, 11) is 1.75. The van der Waals surface area contributed by atoms with Gasteiger partial charge in [0.1, 0.15) is 29.3 Å². The van der Waals surface area contributed by atoms with Crippen molar-refractivity contribution in [2.45, 2.75) is 24.1 Å². The number of primary amides is 1. The van der Waals surface area contributed by atoms with E-state index in [-0.39, 0.29) is 34.7 Å². The number of rotatable bonds is 6. The summed E-state index contributed by atoms with van der Waals surface area (Å²) >= 11 is 0. The first-order valence-corrected chi connectivity index (χ1v) is 12.0. The van der Waals surface area contributed by atoms with E-state index in [9.17, 15) is 32.3 Å². The first-order valence-electron chi connectivity index (χ1n) is 12.0. The highest BCUT2D eigenvalue weighted by molar-refractivity contribution is 5.97. The molecule has 9 nitrogen and oxygen atoms in total. The summed E-state index contributed by atoms with van der Waals surface area (Å²) in [6, 6.07) is 10.0. The number of imidazole rings is 1. The molecule has 0 bridgehead atoms. The fraction of sp³-hybridized carbons (Fsp3) is 0.259. The lowest BCUT2D eigenvalue weighted by Gasteiger charge is -2.31. The largest absolute Gasteiger partial charge is 0.489 e. The number of pyridine rings is 1. The molecule has 40 heavy (non-hydrogen) atoms. The molecule has 13 heteroatoms. The molecule has 0 spiro atoms. The minimum absolute atomic E-state index is 0.0196. The molecule has 1 aliphatic rings. The molecule has 0 saturated carbocycles. The maximum Gasteiger partial charge on any atom is 0.424 e. The number of ether oxygens (including phenoxy) is 1. The van der Waals surface area contributed by atoms with E-state index in [2.05, 4.69) is 15.3 Å². The van der Waals surface area contributed by atoms with Gasteiger partial charge in [-0.1, -0.05) is 0 Å². The first-order chi connectivity index (χ1) is 18.7. The Bertz CT molecular complexity index is 1650. The molecule has 3 heterocycles. The van der Waals surface area contributed by atoms with Gasteiger partial charge in [-0.15, -0.1) is 0 Å². The van der Waals surface area contributed by atoms with E-state index in [0.29, 0.717) is 11.0 Å². The predicted octanol–water partition coefficient (Wildman–Crippen LogP) is 3.09. The number of carbonyl (C=O) groups excluding carboxylic acids is 2. The summed E-state index contributed by atoms with van der Waals surface area (Å²) in [6.07, 6.45) is -3.80. The lowest BCUT2D eigenvalue weighted by molar-refractivity contribution is -0.265. The minimum Gasteiger partial charge on any atom is -0.489 e. The molecular weight excluding hydrogens is 534 g/mol. The van der Waals surface area contributed by atoms with Gasteiger partial charge in [0.05, 0.1) is 29.6 Å². The molecule has 2 atom stereocenters. The average molecular weight is 558 g/mol. The summed E-state index contributed by atoms with van der Waals surface area (Å²) in [4.78, 5) is 33.4. The third kappa shape index (κ3) is 4.31. The summed E-state index contributed by atoms with van der Waals surface area (Å²) in [5, 5.41) is 13.2. The van der Waals surface area contributed by atoms with Crippen molar-refractivity contribution in [3.63, 3.8) is 0 Å². The van der Waals surface area contributed by atoms with E-state index in [0.717, 1.165) is 18.2 Å². The van der Waals surface area contributed by atoms with Crippen molar-refractivity contribution in [3.05, 3.63) is 77.5 Å². The number of carbonyl (C=O) groups is 2. The molecule has 0 radical (unpaired) electrons. The van der Waals surface area contributed by atoms with Gasteiger partial charge in [-0.2, -0.15) is 13.2 Å². The molecule has 2 aromatic carbocycles. The molecule has 0 unspecified atom stereocenters. The number of nitrogens with zero attached hydrogens (tertiary/aromatic N) is 3. The SMILES string of the molecule is Cn1cnc2cc(C(=O)NC[C@](O)(c3cc4c(c(-c5ccc(F)cc5)n3)OC[C@]4(C)C(N)=O)C(F)(F)F)ccc21. The van der Waals surface area contributed by atoms with Crippen LogP contribution in [-0.4, -0.2) is 50.8 Å². The number of hydrogen-bond acceptors (Lipinski definition) is 6. The highest BCUT2D eigenvalue weighted by Crippen LogP contribution is 2.47. The maximum absolute atomic E-state index is 14.5. The highest BCUT2D eigenvalue weighted by atomic mass is 19.4. The molecule has 1 aliphatic heterocycles. The number of amides is 2. The van der Waals surface area contributed by atoms with Gasteiger partial charge in [0.2, 0.25) is 11.5 Å². The number of nitrogens with one attached hydrogen (secondary N) is 1. The monoisotopic (exact) mass is 557 g/mol. The van der Waals surface area contributed by atoms with Crippen LogP contribution in [-0.2, 0) is 22.9 Å². The van der Waals surface area contributed by atoms with Gasteiger partial charge in [-0.05, 0) is 55.5 Å². The average Bonchev–Trinajstić information content (AvgIpc) is 3.46. The number of hydrogen-bond donors (Lipinski definition) is 3. The zero-order chi connectivity index (χ0) is 29.0. The summed E-state index contributed by atoms with van der Waals surface area (Å²) in [6.45, 7) is -0.200. The number of aliphatic hydroxyl groups is 1. The standard InChI is InChI=1S/C27H23F4N5O4/c1-25(24(32)38)12-40-22-17(25)10-20(35-21(22)14-3-6-16(28)7-4-14)26(39,27(29,30)31)11-33-23(37)15-5-8-19-18(9-15)34-13-36(19)2/h3-10,13,39H,11-12H2,1-2H3,(H2,32,38)(H,33,37)/t25-,26-/m0/s1. The van der Waals surface area contributed by atoms with Crippen LogP contribution in [0.1, 0.15) is 28.5 Å². The first kappa shape index (κ1) is 27.1. The third-order valence-electron chi connectivity index (χ3n) is 7.12. The van der Waals surface area contributed by atoms with Crippen molar-refractivity contribution in [2.75, 3.05) is 13.2 Å². The van der Waals surface area contributed by atoms with Crippen LogP contribution >= 0.6 is 0 Å². The van der Waals surface area contributed by atoms with E-state index in [4.69, 9.17) is 10.5 Å². The molecule has 4 aromatic rings. The van der Waals surface area contributed by atoms with Crippen molar-refractivity contribution < 1.29 is 37.0 Å². The van der Waals surface area contributed by atoms with Crippen LogP contribution in [0.5, 0.6) is 5.75 Å². The predicted molar refractivity (Wildman–Crippen MR) is 135 cm³/mol. The van der Waals surface area contributed by atoms with E-state index in [1.165, 1.54) is 37.5 Å². The van der Waals surface area contributed by atoms with Crippen LogP contribution in [0.25, 0.3) is 22.3 Å². The fourth-order valence-electron chi connectivity index (χ4n) is 4.53. The van der Waals surface area contributed by atoms with Gasteiger partial charge in [-0.25, -0.2) is 14.4 Å². The number of fused-ring (bicyclic) bond motifs is 2. The summed E-state index contributed by atoms with van der Waals surface area (Å²) in [5.74, 6) is -2.38. The van der Waals surface area contributed by atoms with Gasteiger partial charge >= 0.3 is 6.18 Å². The molecule has 5 rings (SSSR count). The number of alkyl halides is 3. The maximum atomic E-state index is 14.5. The summed E-state index contributed by atoms with van der Waals surface area (Å²) in [5.41, 5.74) is 0.595. The van der Waals surface area contributed by atoms with Gasteiger partial charge in [0.15, 0.2) is 0 Å². The van der Waals surface area contributed by atoms with Crippen molar-refractivity contribution in [1.82, 2.24) is 19.9 Å². The van der Waals surface area contributed by atoms with Crippen molar-refractivity contribution in [3.8, 4) is 17.0 Å². The number of halogens is 4. The second-order valence-corrected chi connectivity index (χ2v) is 9.82. The van der Waals surface area contributed by atoms with Crippen LogP contribution in [0.2, 0.25) is 0 Å². The topological polar surface area (TPSA) is 132 Å². The smallest absolute Gasteiger partial charge is 0.424 e. The zero-order valence-electron chi connectivity index (χ0n) is 21.2. The Morgan fingerprint density at radius 1 is 1.18 bits per heavy atom. The second kappa shape index (κ2) is 9.30. The molecule has 0 fully saturated rings. The number of nitrogens with two attached hydrogens (primary N) is 1. The fourth-order valence-corrected chi connectivity index (χ4v) is 4.53. The van der Waals surface area contributed by atoms with Crippen LogP contribution in [0.4, 0.5) is 17.6 Å². The Morgan fingerprint density at radius 3 is 2.52 bits per heavy atom. The Balaban J connectivity index is 1.58. The van der Waals surface area contributed by atoms with E-state index in [1.807, 2.05) is 0 Å². The second-order valence-electron chi connectivity index (χ2n) is 9.82. The quantitative estimate of drug-likeness (QED) is 0.312. The van der Waals surface area contributed by atoms with Crippen LogP contribution < -0.4 is 15.8 Å². The van der Waals surface area contributed by atoms with Gasteiger partial charge < -0.3 is 25.5 Å². The Hall–Kier alpha value is -4.52. The molecule has 0 aliphatic carbocycles. The number of benzene rings is 2. The number of aromatic nitrogens is 3. The molecular formula is C27H23F4N5O4. The lowest BCUT2D eigenvalue weighted by Crippen LogP contribution is -2.51. The highest BCUT2D eigenvalue weighted by Gasteiger charge is 2.57. The van der Waals surface area contributed by atoms with Crippen molar-refractivity contribution in [2.24, 2.45) is 12.8 Å². The van der Waals surface area contributed by atoms with E-state index >= 15 is 0 Å². The zero-order valence-corrected chi connectivity index (χ0v) is 21.2. The van der Waals surface area contributed by atoms with Gasteiger partial charge in [0.25, 0.3) is 5.91 Å². The normalized spacial score (nSPS) is 18.2. The Morgan fingerprint density at radius 2 is 1.88 bits per heavy atom. The van der Waals surface area contributed by atoms with Crippen molar-refractivity contribution >= 4 is 22.8 Å². The molecule has 208 valence electrons. The molecule has 4 N–H and O–H groups in total. The van der Waals surface area contributed by atoms with E-state index in [1.54, 1.807) is 17.7 Å². The van der Waals surface area contributed by atoms with Crippen LogP contribution in [0.3, 0.4) is 0 Å². The summed E-state index contributed by atoms with van der Waals surface area (Å²) < 4.78 is 64.5. The lowest BCUT2D eigenvalue weighted by atomic mass is 9.81. The molecule has 2 aromatic heterocycles.